The highest BCUT2D eigenvalue weighted by atomic mass is 19.1. The average Bonchev–Trinajstić information content (AvgIpc) is 2.87. The van der Waals surface area contributed by atoms with Gasteiger partial charge in [-0.2, -0.15) is 4.68 Å². The van der Waals surface area contributed by atoms with Crippen LogP contribution in [0, 0.1) is 11.6 Å². The molecule has 3 rings (SSSR count). The minimum Gasteiger partial charge on any atom is -0.398 e. The second-order valence-corrected chi connectivity index (χ2v) is 4.13. The van der Waals surface area contributed by atoms with Crippen LogP contribution in [0.1, 0.15) is 0 Å². The minimum atomic E-state index is -0.448. The molecule has 0 unspecified atom stereocenters. The van der Waals surface area contributed by atoms with E-state index in [4.69, 9.17) is 5.73 Å². The van der Waals surface area contributed by atoms with Gasteiger partial charge in [-0.05, 0) is 46.8 Å². The molecule has 0 saturated carbocycles. The van der Waals surface area contributed by atoms with Crippen LogP contribution in [-0.4, -0.2) is 20.2 Å². The summed E-state index contributed by atoms with van der Waals surface area (Å²) in [7, 11) is 0. The fraction of sp³-hybridized carbons (Fsp3) is 0. The van der Waals surface area contributed by atoms with Gasteiger partial charge in [-0.25, -0.2) is 8.78 Å². The Bertz CT molecular complexity index is 769. The summed E-state index contributed by atoms with van der Waals surface area (Å²) in [4.78, 5) is 0. The summed E-state index contributed by atoms with van der Waals surface area (Å²) in [6, 6.07) is 9.73. The molecule has 0 saturated heterocycles. The third-order valence-electron chi connectivity index (χ3n) is 2.78. The van der Waals surface area contributed by atoms with Gasteiger partial charge in [0.2, 0.25) is 0 Å². The Labute approximate surface area is 112 Å². The topological polar surface area (TPSA) is 69.6 Å². The highest BCUT2D eigenvalue weighted by Gasteiger charge is 2.14. The number of tetrazole rings is 1. The Morgan fingerprint density at radius 2 is 1.80 bits per heavy atom. The van der Waals surface area contributed by atoms with E-state index in [1.807, 2.05) is 0 Å². The van der Waals surface area contributed by atoms with Crippen LogP contribution in [0.2, 0.25) is 0 Å². The van der Waals surface area contributed by atoms with Gasteiger partial charge in [-0.3, -0.25) is 0 Å². The third-order valence-corrected chi connectivity index (χ3v) is 2.78. The van der Waals surface area contributed by atoms with Crippen LogP contribution in [0.25, 0.3) is 17.1 Å². The number of nitrogens with zero attached hydrogens (tertiary/aromatic N) is 4. The summed E-state index contributed by atoms with van der Waals surface area (Å²) in [5.74, 6) is -0.542. The maximum Gasteiger partial charge on any atom is 0.189 e. The van der Waals surface area contributed by atoms with Crippen molar-refractivity contribution < 1.29 is 8.78 Å². The lowest BCUT2D eigenvalue weighted by molar-refractivity contribution is 0.625. The quantitative estimate of drug-likeness (QED) is 0.727. The van der Waals surface area contributed by atoms with Crippen LogP contribution >= 0.6 is 0 Å². The predicted molar refractivity (Wildman–Crippen MR) is 68.9 cm³/mol. The Morgan fingerprint density at radius 1 is 1.00 bits per heavy atom. The molecule has 1 aromatic heterocycles. The van der Waals surface area contributed by atoms with Gasteiger partial charge in [0.1, 0.15) is 11.6 Å². The van der Waals surface area contributed by atoms with Crippen molar-refractivity contribution in [2.24, 2.45) is 0 Å². The molecule has 3 aromatic rings. The van der Waals surface area contributed by atoms with E-state index in [0.29, 0.717) is 17.1 Å². The lowest BCUT2D eigenvalue weighted by Gasteiger charge is -2.07. The maximum absolute atomic E-state index is 13.3. The second kappa shape index (κ2) is 4.69. The average molecular weight is 273 g/mol. The van der Waals surface area contributed by atoms with E-state index in [0.717, 1.165) is 0 Å². The largest absolute Gasteiger partial charge is 0.398 e. The van der Waals surface area contributed by atoms with Crippen LogP contribution in [0.5, 0.6) is 0 Å². The number of benzene rings is 2. The number of nitrogens with two attached hydrogens (primary N) is 1. The maximum atomic E-state index is 13.3. The number of aromatic nitrogens is 4. The Hall–Kier alpha value is -2.83. The number of halogens is 2. The van der Waals surface area contributed by atoms with Crippen LogP contribution in [0.4, 0.5) is 14.5 Å². The van der Waals surface area contributed by atoms with Crippen molar-refractivity contribution in [3.8, 4) is 17.1 Å². The fourth-order valence-corrected chi connectivity index (χ4v) is 1.87. The summed E-state index contributed by atoms with van der Waals surface area (Å²) in [6.07, 6.45) is 0. The van der Waals surface area contributed by atoms with E-state index < -0.39 is 11.6 Å². The number of rotatable bonds is 2. The first-order valence-electron chi connectivity index (χ1n) is 5.75. The molecule has 0 amide bonds. The predicted octanol–water partition coefficient (Wildman–Crippen LogP) is 2.19. The molecule has 7 heteroatoms. The van der Waals surface area contributed by atoms with Crippen molar-refractivity contribution >= 4 is 5.69 Å². The molecule has 20 heavy (non-hydrogen) atoms. The normalized spacial score (nSPS) is 10.7. The zero-order valence-electron chi connectivity index (χ0n) is 10.2. The molecule has 100 valence electrons. The van der Waals surface area contributed by atoms with E-state index >= 15 is 0 Å². The van der Waals surface area contributed by atoms with Crippen molar-refractivity contribution in [2.75, 3.05) is 5.73 Å². The van der Waals surface area contributed by atoms with Gasteiger partial charge in [-0.15, -0.1) is 5.10 Å². The summed E-state index contributed by atoms with van der Waals surface area (Å²) >= 11 is 0. The molecule has 0 radical (unpaired) electrons. The second-order valence-electron chi connectivity index (χ2n) is 4.13. The molecule has 0 spiro atoms. The van der Waals surface area contributed by atoms with Crippen molar-refractivity contribution in [3.05, 3.63) is 54.1 Å². The van der Waals surface area contributed by atoms with Crippen molar-refractivity contribution in [1.82, 2.24) is 20.2 Å². The Balaban J connectivity index is 2.15. The summed E-state index contributed by atoms with van der Waals surface area (Å²) in [5.41, 5.74) is 6.90. The van der Waals surface area contributed by atoms with Gasteiger partial charge < -0.3 is 5.73 Å². The van der Waals surface area contributed by atoms with E-state index in [9.17, 15) is 8.78 Å². The first-order chi connectivity index (χ1) is 9.65. The van der Waals surface area contributed by atoms with Gasteiger partial charge in [0.15, 0.2) is 5.82 Å². The van der Waals surface area contributed by atoms with Crippen LogP contribution in [0.15, 0.2) is 42.5 Å². The van der Waals surface area contributed by atoms with E-state index in [1.54, 1.807) is 12.1 Å². The van der Waals surface area contributed by atoms with E-state index in [2.05, 4.69) is 15.5 Å². The molecule has 0 aliphatic heterocycles. The highest BCUT2D eigenvalue weighted by Crippen LogP contribution is 2.26. The third kappa shape index (κ3) is 2.09. The smallest absolute Gasteiger partial charge is 0.189 e. The van der Waals surface area contributed by atoms with Crippen LogP contribution in [0.3, 0.4) is 0 Å². The van der Waals surface area contributed by atoms with Gasteiger partial charge in [0.05, 0.1) is 5.69 Å². The Morgan fingerprint density at radius 3 is 2.55 bits per heavy atom. The zero-order chi connectivity index (χ0) is 14.1. The SMILES string of the molecule is Nc1cc(F)ccc1-c1nnnn1-c1cccc(F)c1. The van der Waals surface area contributed by atoms with Gasteiger partial charge in [0, 0.05) is 11.3 Å². The minimum absolute atomic E-state index is 0.206. The number of nitrogen functional groups attached to an aromatic ring is 1. The first-order valence-corrected chi connectivity index (χ1v) is 5.75. The molecule has 5 nitrogen and oxygen atoms in total. The number of hydrogen-bond donors (Lipinski definition) is 1. The summed E-state index contributed by atoms with van der Waals surface area (Å²) in [6.45, 7) is 0. The van der Waals surface area contributed by atoms with Gasteiger partial charge >= 0.3 is 0 Å². The lowest BCUT2D eigenvalue weighted by Crippen LogP contribution is -2.02. The summed E-state index contributed by atoms with van der Waals surface area (Å²) < 4.78 is 27.7. The van der Waals surface area contributed by atoms with E-state index in [1.165, 1.54) is 35.0 Å². The van der Waals surface area contributed by atoms with Crippen molar-refractivity contribution in [3.63, 3.8) is 0 Å². The fourth-order valence-electron chi connectivity index (χ4n) is 1.87. The van der Waals surface area contributed by atoms with Gasteiger partial charge in [-0.1, -0.05) is 6.07 Å². The van der Waals surface area contributed by atoms with Gasteiger partial charge in [0.25, 0.3) is 0 Å². The molecule has 2 aromatic carbocycles. The molecule has 0 fully saturated rings. The molecule has 2 N–H and O–H groups in total. The zero-order valence-corrected chi connectivity index (χ0v) is 10.2. The molecule has 1 heterocycles. The number of anilines is 1. The first kappa shape index (κ1) is 12.2. The monoisotopic (exact) mass is 273 g/mol. The van der Waals surface area contributed by atoms with Crippen LogP contribution in [-0.2, 0) is 0 Å². The summed E-state index contributed by atoms with van der Waals surface area (Å²) in [5, 5.41) is 11.2. The standard InChI is InChI=1S/C13H9F2N5/c14-8-2-1-3-10(6-8)20-13(17-18-19-20)11-5-4-9(15)7-12(11)16/h1-7H,16H2. The van der Waals surface area contributed by atoms with Crippen molar-refractivity contribution in [2.45, 2.75) is 0 Å². The molecule has 0 atom stereocenters. The lowest BCUT2D eigenvalue weighted by atomic mass is 10.1. The molecular formula is C13H9F2N5. The molecule has 0 bridgehead atoms. The Kier molecular flexibility index (Phi) is 2.86. The molecular weight excluding hydrogens is 264 g/mol. The highest BCUT2D eigenvalue weighted by molar-refractivity contribution is 5.72. The van der Waals surface area contributed by atoms with E-state index in [-0.39, 0.29) is 5.69 Å². The van der Waals surface area contributed by atoms with Crippen molar-refractivity contribution in [1.29, 1.82) is 0 Å². The molecule has 0 aliphatic carbocycles. The molecule has 0 aliphatic rings. The van der Waals surface area contributed by atoms with Crippen LogP contribution < -0.4 is 5.73 Å². The number of hydrogen-bond acceptors (Lipinski definition) is 4.